The van der Waals surface area contributed by atoms with Crippen LogP contribution in [-0.4, -0.2) is 18.6 Å². The van der Waals surface area contributed by atoms with E-state index < -0.39 is 0 Å². The maximum atomic E-state index is 5.75. The van der Waals surface area contributed by atoms with Crippen molar-refractivity contribution in [2.75, 3.05) is 13.7 Å². The monoisotopic (exact) mass is 346 g/mol. The molecule has 1 aliphatic rings. The maximum Gasteiger partial charge on any atom is 0.122 e. The molecule has 2 unspecified atom stereocenters. The summed E-state index contributed by atoms with van der Waals surface area (Å²) in [5.74, 6) is 1.55. The van der Waals surface area contributed by atoms with Crippen molar-refractivity contribution < 1.29 is 4.74 Å². The van der Waals surface area contributed by atoms with Gasteiger partial charge in [0.2, 0.25) is 0 Å². The van der Waals surface area contributed by atoms with E-state index in [4.69, 9.17) is 4.74 Å². The molecule has 0 bridgehead atoms. The number of halogens is 1. The average molecular weight is 347 g/mol. The zero-order valence-corrected chi connectivity index (χ0v) is 13.6. The van der Waals surface area contributed by atoms with Crippen LogP contribution in [0.2, 0.25) is 0 Å². The molecule has 0 saturated carbocycles. The summed E-state index contributed by atoms with van der Waals surface area (Å²) >= 11 is 3.44. The molecule has 1 N–H and O–H groups in total. The second-order valence-corrected chi connectivity index (χ2v) is 6.27. The Morgan fingerprint density at radius 1 is 1.33 bits per heavy atom. The van der Waals surface area contributed by atoms with Crippen molar-refractivity contribution >= 4 is 15.9 Å². The van der Waals surface area contributed by atoms with Gasteiger partial charge in [-0.2, -0.15) is 0 Å². The molecule has 0 saturated heterocycles. The molecular formula is C17H19BrN2O. The molecular weight excluding hydrogens is 328 g/mol. The number of fused-ring (bicyclic) bond motifs is 1. The Kier molecular flexibility index (Phi) is 4.56. The van der Waals surface area contributed by atoms with Gasteiger partial charge in [0.25, 0.3) is 0 Å². The van der Waals surface area contributed by atoms with Crippen LogP contribution in [-0.2, 0) is 0 Å². The Hall–Kier alpha value is -1.39. The van der Waals surface area contributed by atoms with Crippen molar-refractivity contribution in [2.45, 2.75) is 24.8 Å². The number of rotatable bonds is 4. The Bertz CT molecular complexity index is 600. The van der Waals surface area contributed by atoms with E-state index >= 15 is 0 Å². The van der Waals surface area contributed by atoms with Crippen LogP contribution < -0.4 is 10.1 Å². The smallest absolute Gasteiger partial charge is 0.122 e. The van der Waals surface area contributed by atoms with Gasteiger partial charge in [-0.3, -0.25) is 4.98 Å². The van der Waals surface area contributed by atoms with Crippen molar-refractivity contribution in [3.8, 4) is 5.75 Å². The first-order valence-corrected chi connectivity index (χ1v) is 8.07. The summed E-state index contributed by atoms with van der Waals surface area (Å²) < 4.78 is 6.76. The Labute approximate surface area is 133 Å². The Balaban J connectivity index is 1.80. The van der Waals surface area contributed by atoms with Crippen molar-refractivity contribution in [3.05, 3.63) is 58.3 Å². The van der Waals surface area contributed by atoms with Crippen molar-refractivity contribution in [3.63, 3.8) is 0 Å². The minimum absolute atomic E-state index is 0.259. The zero-order valence-electron chi connectivity index (χ0n) is 12.1. The van der Waals surface area contributed by atoms with Crippen LogP contribution in [0.15, 0.2) is 47.1 Å². The number of para-hydroxylation sites is 1. The summed E-state index contributed by atoms with van der Waals surface area (Å²) in [7, 11) is 2.00. The van der Waals surface area contributed by atoms with Gasteiger partial charge in [-0.05, 0) is 65.5 Å². The van der Waals surface area contributed by atoms with Crippen molar-refractivity contribution in [1.29, 1.82) is 0 Å². The largest absolute Gasteiger partial charge is 0.493 e. The molecule has 1 aliphatic heterocycles. The number of pyridine rings is 1. The first-order valence-electron chi connectivity index (χ1n) is 7.28. The third kappa shape index (κ3) is 3.27. The number of hydrogen-bond acceptors (Lipinski definition) is 3. The Morgan fingerprint density at radius 3 is 2.95 bits per heavy atom. The lowest BCUT2D eigenvalue weighted by molar-refractivity contribution is 0.256. The molecule has 0 amide bonds. The number of nitrogens with one attached hydrogen (secondary N) is 1. The third-order valence-corrected chi connectivity index (χ3v) is 4.53. The lowest BCUT2D eigenvalue weighted by Crippen LogP contribution is -2.23. The van der Waals surface area contributed by atoms with E-state index in [9.17, 15) is 0 Å². The van der Waals surface area contributed by atoms with Gasteiger partial charge in [0.1, 0.15) is 5.75 Å². The summed E-state index contributed by atoms with van der Waals surface area (Å²) in [6.07, 6.45) is 3.95. The van der Waals surface area contributed by atoms with Crippen LogP contribution in [0.4, 0.5) is 0 Å². The number of hydrogen-bond donors (Lipinski definition) is 1. The lowest BCUT2D eigenvalue weighted by Gasteiger charge is -2.28. The molecule has 3 rings (SSSR count). The third-order valence-electron chi connectivity index (χ3n) is 4.06. The molecule has 2 aromatic rings. The normalized spacial score (nSPS) is 18.7. The standard InChI is InChI=1S/C17H19BrN2O/c1-19-16(15-7-6-13(18)11-20-15)10-12-8-9-21-17-5-3-2-4-14(12)17/h2-7,11-12,16,19H,8-10H2,1H3. The fraction of sp³-hybridized carbons (Fsp3) is 0.353. The summed E-state index contributed by atoms with van der Waals surface area (Å²) in [5.41, 5.74) is 2.41. The van der Waals surface area contributed by atoms with E-state index in [-0.39, 0.29) is 6.04 Å². The lowest BCUT2D eigenvalue weighted by atomic mass is 9.86. The van der Waals surface area contributed by atoms with E-state index in [0.29, 0.717) is 5.92 Å². The van der Waals surface area contributed by atoms with E-state index in [0.717, 1.165) is 35.4 Å². The summed E-state index contributed by atoms with van der Waals surface area (Å²) in [5, 5.41) is 3.40. The molecule has 110 valence electrons. The van der Waals surface area contributed by atoms with Crippen LogP contribution in [0.25, 0.3) is 0 Å². The second kappa shape index (κ2) is 6.58. The van der Waals surface area contributed by atoms with Gasteiger partial charge in [0.05, 0.1) is 12.3 Å². The molecule has 1 aromatic carbocycles. The van der Waals surface area contributed by atoms with Crippen molar-refractivity contribution in [1.82, 2.24) is 10.3 Å². The number of aromatic nitrogens is 1. The fourth-order valence-electron chi connectivity index (χ4n) is 2.93. The van der Waals surface area contributed by atoms with Gasteiger partial charge in [0.15, 0.2) is 0 Å². The van der Waals surface area contributed by atoms with E-state index in [1.165, 1.54) is 5.56 Å². The molecule has 4 heteroatoms. The number of ether oxygens (including phenoxy) is 1. The van der Waals surface area contributed by atoms with Gasteiger partial charge >= 0.3 is 0 Å². The molecule has 0 spiro atoms. The molecule has 0 aliphatic carbocycles. The minimum Gasteiger partial charge on any atom is -0.493 e. The van der Waals surface area contributed by atoms with Gasteiger partial charge in [-0.1, -0.05) is 18.2 Å². The molecule has 2 atom stereocenters. The van der Waals surface area contributed by atoms with Crippen LogP contribution >= 0.6 is 15.9 Å². The van der Waals surface area contributed by atoms with Gasteiger partial charge in [0, 0.05) is 16.7 Å². The molecule has 0 fully saturated rings. The quantitative estimate of drug-likeness (QED) is 0.906. The highest BCUT2D eigenvalue weighted by Crippen LogP contribution is 2.38. The summed E-state index contributed by atoms with van der Waals surface area (Å²) in [6.45, 7) is 0.798. The molecule has 21 heavy (non-hydrogen) atoms. The van der Waals surface area contributed by atoms with Crippen LogP contribution in [0, 0.1) is 0 Å². The minimum atomic E-state index is 0.259. The van der Waals surface area contributed by atoms with E-state index in [1.807, 2.05) is 25.4 Å². The predicted molar refractivity (Wildman–Crippen MR) is 87.6 cm³/mol. The summed E-state index contributed by atoms with van der Waals surface area (Å²) in [4.78, 5) is 4.53. The van der Waals surface area contributed by atoms with Gasteiger partial charge in [-0.25, -0.2) is 0 Å². The van der Waals surface area contributed by atoms with Crippen LogP contribution in [0.5, 0.6) is 5.75 Å². The van der Waals surface area contributed by atoms with Gasteiger partial charge in [-0.15, -0.1) is 0 Å². The van der Waals surface area contributed by atoms with Crippen LogP contribution in [0.1, 0.15) is 36.1 Å². The predicted octanol–water partition coefficient (Wildman–Crippen LogP) is 4.06. The highest BCUT2D eigenvalue weighted by Gasteiger charge is 2.24. The zero-order chi connectivity index (χ0) is 14.7. The Morgan fingerprint density at radius 2 is 2.19 bits per heavy atom. The van der Waals surface area contributed by atoms with E-state index in [1.54, 1.807) is 0 Å². The summed E-state index contributed by atoms with van der Waals surface area (Å²) in [6, 6.07) is 12.8. The SMILES string of the molecule is CNC(CC1CCOc2ccccc21)c1ccc(Br)cn1. The average Bonchev–Trinajstić information content (AvgIpc) is 2.54. The van der Waals surface area contributed by atoms with Crippen LogP contribution in [0.3, 0.4) is 0 Å². The highest BCUT2D eigenvalue weighted by atomic mass is 79.9. The van der Waals surface area contributed by atoms with Gasteiger partial charge < -0.3 is 10.1 Å². The molecule has 1 aromatic heterocycles. The fourth-order valence-corrected chi connectivity index (χ4v) is 3.16. The molecule has 3 nitrogen and oxygen atoms in total. The molecule has 2 heterocycles. The maximum absolute atomic E-state index is 5.75. The van der Waals surface area contributed by atoms with E-state index in [2.05, 4.69) is 50.5 Å². The number of benzene rings is 1. The topological polar surface area (TPSA) is 34.1 Å². The second-order valence-electron chi connectivity index (χ2n) is 5.35. The first-order chi connectivity index (χ1) is 10.3. The molecule has 0 radical (unpaired) electrons. The van der Waals surface area contributed by atoms with Crippen molar-refractivity contribution in [2.24, 2.45) is 0 Å². The number of nitrogens with zero attached hydrogens (tertiary/aromatic N) is 1. The highest BCUT2D eigenvalue weighted by molar-refractivity contribution is 9.10. The first kappa shape index (κ1) is 14.5.